The van der Waals surface area contributed by atoms with E-state index in [0.717, 1.165) is 36.8 Å². The zero-order valence-corrected chi connectivity index (χ0v) is 13.1. The third-order valence-electron chi connectivity index (χ3n) is 4.89. The Morgan fingerprint density at radius 2 is 2.26 bits per heavy atom. The number of H-pyrrole nitrogens is 1. The number of nitrogens with one attached hydrogen (secondary N) is 1. The molecular weight excluding hydrogens is 297 g/mol. The van der Waals surface area contributed by atoms with E-state index in [1.165, 1.54) is 6.07 Å². The highest BCUT2D eigenvalue weighted by atomic mass is 19.1. The van der Waals surface area contributed by atoms with Crippen molar-refractivity contribution in [2.75, 3.05) is 20.1 Å². The third kappa shape index (κ3) is 1.96. The lowest BCUT2D eigenvalue weighted by Crippen LogP contribution is -2.25. The van der Waals surface area contributed by atoms with Crippen molar-refractivity contribution in [1.82, 2.24) is 19.5 Å². The van der Waals surface area contributed by atoms with Crippen LogP contribution in [-0.4, -0.2) is 45.5 Å². The van der Waals surface area contributed by atoms with Crippen LogP contribution < -0.4 is 5.73 Å². The zero-order chi connectivity index (χ0) is 16.4. The van der Waals surface area contributed by atoms with Gasteiger partial charge in [0.15, 0.2) is 0 Å². The van der Waals surface area contributed by atoms with Crippen LogP contribution in [-0.2, 0) is 5.41 Å². The molecule has 3 aromatic rings. The van der Waals surface area contributed by atoms with Gasteiger partial charge in [0, 0.05) is 17.5 Å². The highest BCUT2D eigenvalue weighted by Crippen LogP contribution is 2.36. The number of likely N-dealkylation sites (tertiary alicyclic amines) is 1. The molecule has 1 atom stereocenters. The first-order valence-corrected chi connectivity index (χ1v) is 7.57. The van der Waals surface area contributed by atoms with E-state index in [9.17, 15) is 9.18 Å². The molecule has 7 heteroatoms. The number of benzene rings is 1. The Hall–Kier alpha value is -2.41. The minimum atomic E-state index is -0.667. The highest BCUT2D eigenvalue weighted by Gasteiger charge is 2.37. The maximum atomic E-state index is 13.8. The van der Waals surface area contributed by atoms with E-state index < -0.39 is 11.7 Å². The van der Waals surface area contributed by atoms with Gasteiger partial charge in [-0.05, 0) is 32.1 Å². The summed E-state index contributed by atoms with van der Waals surface area (Å²) >= 11 is 0. The molecule has 1 amide bonds. The van der Waals surface area contributed by atoms with Crippen molar-refractivity contribution < 1.29 is 9.18 Å². The van der Waals surface area contributed by atoms with E-state index in [-0.39, 0.29) is 11.0 Å². The van der Waals surface area contributed by atoms with Gasteiger partial charge in [-0.25, -0.2) is 8.91 Å². The maximum absolute atomic E-state index is 13.8. The first-order valence-electron chi connectivity index (χ1n) is 7.57. The number of nitrogens with two attached hydrogens (primary N) is 1. The summed E-state index contributed by atoms with van der Waals surface area (Å²) in [7, 11) is 2.09. The molecule has 0 radical (unpaired) electrons. The van der Waals surface area contributed by atoms with Crippen LogP contribution in [0.2, 0.25) is 0 Å². The molecule has 1 fully saturated rings. The SMILES string of the molecule is CN1CCC(C)(c2cnn3c2[nH]c2cc(F)cc(C(N)=O)c23)C1. The van der Waals surface area contributed by atoms with Crippen LogP contribution in [0.3, 0.4) is 0 Å². The fraction of sp³-hybridized carbons (Fsp3) is 0.375. The topological polar surface area (TPSA) is 79.4 Å². The Bertz CT molecular complexity index is 943. The van der Waals surface area contributed by atoms with Crippen molar-refractivity contribution in [3.63, 3.8) is 0 Å². The average Bonchev–Trinajstić information content (AvgIpc) is 3.11. The van der Waals surface area contributed by atoms with E-state index in [0.29, 0.717) is 11.0 Å². The smallest absolute Gasteiger partial charge is 0.251 e. The number of hydrogen-bond donors (Lipinski definition) is 2. The van der Waals surface area contributed by atoms with Gasteiger partial charge in [0.05, 0.1) is 17.3 Å². The van der Waals surface area contributed by atoms with E-state index in [2.05, 4.69) is 29.0 Å². The van der Waals surface area contributed by atoms with Crippen LogP contribution >= 0.6 is 0 Å². The molecule has 0 saturated carbocycles. The predicted octanol–water partition coefficient (Wildman–Crippen LogP) is 1.65. The van der Waals surface area contributed by atoms with Crippen LogP contribution in [0.4, 0.5) is 4.39 Å². The van der Waals surface area contributed by atoms with Crippen molar-refractivity contribution in [1.29, 1.82) is 0 Å². The number of carbonyl (C=O) groups is 1. The zero-order valence-electron chi connectivity index (χ0n) is 13.1. The Balaban J connectivity index is 2.01. The largest absolute Gasteiger partial charge is 0.366 e. The molecule has 0 bridgehead atoms. The van der Waals surface area contributed by atoms with Gasteiger partial charge in [0.2, 0.25) is 0 Å². The van der Waals surface area contributed by atoms with Crippen LogP contribution in [0.1, 0.15) is 29.3 Å². The predicted molar refractivity (Wildman–Crippen MR) is 85.0 cm³/mol. The molecule has 120 valence electrons. The summed E-state index contributed by atoms with van der Waals surface area (Å²) in [6, 6.07) is 2.52. The lowest BCUT2D eigenvalue weighted by Gasteiger charge is -2.22. The van der Waals surface area contributed by atoms with Crippen LogP contribution in [0, 0.1) is 5.82 Å². The fourth-order valence-electron chi connectivity index (χ4n) is 3.73. The van der Waals surface area contributed by atoms with Gasteiger partial charge < -0.3 is 15.6 Å². The normalized spacial score (nSPS) is 22.4. The number of aromatic nitrogens is 3. The number of aromatic amines is 1. The standard InChI is InChI=1S/C16H18FN5O/c1-16(3-4-21(2)8-16)11-7-19-22-13-10(14(18)23)5-9(17)6-12(13)20-15(11)22/h5-7,20H,3-4,8H2,1-2H3,(H2,18,23). The van der Waals surface area contributed by atoms with Crippen molar-refractivity contribution in [3.8, 4) is 0 Å². The molecule has 1 aliphatic rings. The number of primary amides is 1. The number of imidazole rings is 1. The molecule has 4 rings (SSSR count). The summed E-state index contributed by atoms with van der Waals surface area (Å²) in [6.45, 7) is 4.16. The van der Waals surface area contributed by atoms with Crippen molar-refractivity contribution >= 4 is 22.6 Å². The quantitative estimate of drug-likeness (QED) is 0.754. The number of likely N-dealkylation sites (N-methyl/N-ethyl adjacent to an activating group) is 1. The summed E-state index contributed by atoms with van der Waals surface area (Å²) in [5.41, 5.74) is 8.44. The first-order chi connectivity index (χ1) is 10.9. The molecule has 2 aromatic heterocycles. The van der Waals surface area contributed by atoms with E-state index in [1.54, 1.807) is 4.52 Å². The number of carbonyl (C=O) groups excluding carboxylic acids is 1. The Morgan fingerprint density at radius 1 is 1.48 bits per heavy atom. The van der Waals surface area contributed by atoms with Crippen LogP contribution in [0.15, 0.2) is 18.3 Å². The van der Waals surface area contributed by atoms with Gasteiger partial charge in [0.25, 0.3) is 5.91 Å². The molecule has 6 nitrogen and oxygen atoms in total. The summed E-state index contributed by atoms with van der Waals surface area (Å²) in [6.07, 6.45) is 2.86. The lowest BCUT2D eigenvalue weighted by atomic mass is 9.83. The molecule has 23 heavy (non-hydrogen) atoms. The molecule has 0 spiro atoms. The van der Waals surface area contributed by atoms with Crippen molar-refractivity contribution in [2.24, 2.45) is 5.73 Å². The second-order valence-corrected chi connectivity index (χ2v) is 6.71. The summed E-state index contributed by atoms with van der Waals surface area (Å²) in [4.78, 5) is 17.2. The number of nitrogens with zero attached hydrogens (tertiary/aromatic N) is 3. The first kappa shape index (κ1) is 14.2. The molecule has 1 aromatic carbocycles. The average molecular weight is 315 g/mol. The van der Waals surface area contributed by atoms with E-state index in [1.807, 2.05) is 6.20 Å². The van der Waals surface area contributed by atoms with Crippen molar-refractivity contribution in [3.05, 3.63) is 35.3 Å². The Morgan fingerprint density at radius 3 is 2.91 bits per heavy atom. The molecule has 1 aliphatic heterocycles. The number of hydrogen-bond acceptors (Lipinski definition) is 3. The number of fused-ring (bicyclic) bond motifs is 3. The van der Waals surface area contributed by atoms with Crippen LogP contribution in [0.25, 0.3) is 16.7 Å². The highest BCUT2D eigenvalue weighted by molar-refractivity contribution is 6.05. The second-order valence-electron chi connectivity index (χ2n) is 6.71. The van der Waals surface area contributed by atoms with E-state index >= 15 is 0 Å². The number of amides is 1. The molecule has 1 unspecified atom stereocenters. The van der Waals surface area contributed by atoms with Gasteiger partial charge in [-0.1, -0.05) is 6.92 Å². The minimum Gasteiger partial charge on any atom is -0.366 e. The Kier molecular flexibility index (Phi) is 2.81. The van der Waals surface area contributed by atoms with Crippen LogP contribution in [0.5, 0.6) is 0 Å². The minimum absolute atomic E-state index is 0.0250. The molecule has 1 saturated heterocycles. The number of rotatable bonds is 2. The molecule has 3 N–H and O–H groups in total. The summed E-state index contributed by atoms with van der Waals surface area (Å²) < 4.78 is 15.4. The third-order valence-corrected chi connectivity index (χ3v) is 4.89. The molecule has 3 heterocycles. The Labute approximate surface area is 132 Å². The van der Waals surface area contributed by atoms with E-state index in [4.69, 9.17) is 5.73 Å². The summed E-state index contributed by atoms with van der Waals surface area (Å²) in [5, 5.41) is 4.43. The van der Waals surface area contributed by atoms with Gasteiger partial charge >= 0.3 is 0 Å². The van der Waals surface area contributed by atoms with Gasteiger partial charge in [-0.3, -0.25) is 4.79 Å². The van der Waals surface area contributed by atoms with Gasteiger partial charge in [-0.15, -0.1) is 0 Å². The lowest BCUT2D eigenvalue weighted by molar-refractivity contribution is 0.100. The number of halogens is 1. The summed E-state index contributed by atoms with van der Waals surface area (Å²) in [5.74, 6) is -1.16. The maximum Gasteiger partial charge on any atom is 0.251 e. The second kappa shape index (κ2) is 4.55. The van der Waals surface area contributed by atoms with Gasteiger partial charge in [-0.2, -0.15) is 5.10 Å². The monoisotopic (exact) mass is 315 g/mol. The van der Waals surface area contributed by atoms with Gasteiger partial charge in [0.1, 0.15) is 17.0 Å². The molecule has 0 aliphatic carbocycles. The van der Waals surface area contributed by atoms with Crippen molar-refractivity contribution in [2.45, 2.75) is 18.8 Å². The fourth-order valence-corrected chi connectivity index (χ4v) is 3.73. The molecular formula is C16H18FN5O.